The van der Waals surface area contributed by atoms with Gasteiger partial charge >= 0.3 is 0 Å². The Morgan fingerprint density at radius 1 is 1.58 bits per heavy atom. The molecule has 0 aliphatic carbocycles. The largest absolute Gasteiger partial charge is 0.309 e. The van der Waals surface area contributed by atoms with Crippen LogP contribution in [0.25, 0.3) is 0 Å². The predicted molar refractivity (Wildman–Crippen MR) is 59.2 cm³/mol. The number of rotatable bonds is 1. The fourth-order valence-corrected chi connectivity index (χ4v) is 3.22. The minimum absolute atomic E-state index is 0. The molecule has 1 aliphatic rings. The van der Waals surface area contributed by atoms with E-state index < -0.39 is 0 Å². The molecule has 68 valence electrons. The molecule has 1 atom stereocenters. The first-order valence-corrected chi connectivity index (χ1v) is 5.51. The van der Waals surface area contributed by atoms with Crippen LogP contribution in [-0.4, -0.2) is 6.54 Å². The molecule has 0 amide bonds. The average molecular weight is 269 g/mol. The van der Waals surface area contributed by atoms with Crippen molar-refractivity contribution in [2.24, 2.45) is 0 Å². The summed E-state index contributed by atoms with van der Waals surface area (Å²) in [6.07, 6.45) is 2.61. The monoisotopic (exact) mass is 267 g/mol. The molecular formula is C8H11BrClNS. The van der Waals surface area contributed by atoms with Crippen molar-refractivity contribution in [2.75, 3.05) is 6.54 Å². The van der Waals surface area contributed by atoms with Gasteiger partial charge < -0.3 is 5.32 Å². The van der Waals surface area contributed by atoms with Crippen LogP contribution in [0.2, 0.25) is 0 Å². The molecule has 2 heterocycles. The highest BCUT2D eigenvalue weighted by molar-refractivity contribution is 9.10. The Kier molecular flexibility index (Phi) is 4.03. The molecule has 0 radical (unpaired) electrons. The number of thiophene rings is 1. The van der Waals surface area contributed by atoms with Crippen LogP contribution in [0.4, 0.5) is 0 Å². The van der Waals surface area contributed by atoms with Gasteiger partial charge in [0, 0.05) is 15.4 Å². The lowest BCUT2D eigenvalue weighted by atomic mass is 10.2. The number of hydrogen-bond donors (Lipinski definition) is 1. The topological polar surface area (TPSA) is 12.0 Å². The quantitative estimate of drug-likeness (QED) is 0.823. The lowest BCUT2D eigenvalue weighted by Gasteiger charge is -2.07. The molecule has 4 heteroatoms. The maximum absolute atomic E-state index is 3.55. The maximum Gasteiger partial charge on any atom is 0.0426 e. The SMILES string of the molecule is Brc1ccsc1C1CCCN1.Cl. The number of nitrogens with one attached hydrogen (secondary N) is 1. The van der Waals surface area contributed by atoms with Crippen molar-refractivity contribution in [1.29, 1.82) is 0 Å². The average Bonchev–Trinajstić information content (AvgIpc) is 2.55. The van der Waals surface area contributed by atoms with Gasteiger partial charge in [0.2, 0.25) is 0 Å². The van der Waals surface area contributed by atoms with Crippen LogP contribution >= 0.6 is 39.7 Å². The van der Waals surface area contributed by atoms with Gasteiger partial charge in [-0.25, -0.2) is 0 Å². The fraction of sp³-hybridized carbons (Fsp3) is 0.500. The second kappa shape index (κ2) is 4.61. The summed E-state index contributed by atoms with van der Waals surface area (Å²) in [4.78, 5) is 1.46. The van der Waals surface area contributed by atoms with Crippen LogP contribution in [0.15, 0.2) is 15.9 Å². The minimum atomic E-state index is 0. The molecule has 0 aromatic carbocycles. The molecule has 2 rings (SSSR count). The van der Waals surface area contributed by atoms with Crippen LogP contribution in [0.3, 0.4) is 0 Å². The van der Waals surface area contributed by atoms with Crippen LogP contribution in [-0.2, 0) is 0 Å². The third kappa shape index (κ3) is 2.02. The molecule has 0 bridgehead atoms. The van der Waals surface area contributed by atoms with E-state index in [-0.39, 0.29) is 12.4 Å². The van der Waals surface area contributed by atoms with E-state index in [2.05, 4.69) is 32.7 Å². The molecule has 1 unspecified atom stereocenters. The zero-order valence-electron chi connectivity index (χ0n) is 6.55. The summed E-state index contributed by atoms with van der Waals surface area (Å²) in [7, 11) is 0. The number of hydrogen-bond acceptors (Lipinski definition) is 2. The van der Waals surface area contributed by atoms with E-state index in [1.807, 2.05) is 11.3 Å². The van der Waals surface area contributed by atoms with Gasteiger partial charge in [-0.15, -0.1) is 23.7 Å². The Hall–Kier alpha value is 0.430. The van der Waals surface area contributed by atoms with Gasteiger partial charge in [0.25, 0.3) is 0 Å². The van der Waals surface area contributed by atoms with Crippen molar-refractivity contribution in [3.8, 4) is 0 Å². The summed E-state index contributed by atoms with van der Waals surface area (Å²) in [5.74, 6) is 0. The van der Waals surface area contributed by atoms with Crippen LogP contribution < -0.4 is 5.32 Å². The van der Waals surface area contributed by atoms with Gasteiger partial charge in [-0.05, 0) is 46.8 Å². The van der Waals surface area contributed by atoms with Crippen molar-refractivity contribution in [2.45, 2.75) is 18.9 Å². The summed E-state index contributed by atoms with van der Waals surface area (Å²) in [6.45, 7) is 1.18. The summed E-state index contributed by atoms with van der Waals surface area (Å²) < 4.78 is 1.27. The van der Waals surface area contributed by atoms with E-state index in [4.69, 9.17) is 0 Å². The van der Waals surface area contributed by atoms with Gasteiger partial charge in [0.1, 0.15) is 0 Å². The lowest BCUT2D eigenvalue weighted by molar-refractivity contribution is 0.657. The summed E-state index contributed by atoms with van der Waals surface area (Å²) in [5.41, 5.74) is 0. The normalized spacial score (nSPS) is 22.2. The van der Waals surface area contributed by atoms with E-state index in [9.17, 15) is 0 Å². The Labute approximate surface area is 91.1 Å². The van der Waals surface area contributed by atoms with E-state index in [0.717, 1.165) is 0 Å². The smallest absolute Gasteiger partial charge is 0.0426 e. The standard InChI is InChI=1S/C8H10BrNS.ClH/c9-6-3-5-11-8(6)7-2-1-4-10-7;/h3,5,7,10H,1-2,4H2;1H. The van der Waals surface area contributed by atoms with E-state index in [1.165, 1.54) is 28.7 Å². The summed E-state index contributed by atoms with van der Waals surface area (Å²) in [5, 5.41) is 5.62. The molecule has 1 saturated heterocycles. The molecule has 1 nitrogen and oxygen atoms in total. The van der Waals surface area contributed by atoms with Crippen LogP contribution in [0.1, 0.15) is 23.8 Å². The molecular weight excluding hydrogens is 258 g/mol. The first kappa shape index (κ1) is 10.5. The van der Waals surface area contributed by atoms with Crippen LogP contribution in [0, 0.1) is 0 Å². The first-order valence-electron chi connectivity index (χ1n) is 3.84. The first-order chi connectivity index (χ1) is 5.38. The summed E-state index contributed by atoms with van der Waals surface area (Å²) in [6, 6.07) is 2.74. The van der Waals surface area contributed by atoms with E-state index >= 15 is 0 Å². The van der Waals surface area contributed by atoms with Crippen LogP contribution in [0.5, 0.6) is 0 Å². The zero-order valence-corrected chi connectivity index (χ0v) is 9.77. The highest BCUT2D eigenvalue weighted by Crippen LogP contribution is 2.33. The molecule has 1 fully saturated rings. The number of halogens is 2. The highest BCUT2D eigenvalue weighted by atomic mass is 79.9. The molecule has 1 aliphatic heterocycles. The van der Waals surface area contributed by atoms with Gasteiger partial charge in [-0.3, -0.25) is 0 Å². The minimum Gasteiger partial charge on any atom is -0.309 e. The van der Waals surface area contributed by atoms with Gasteiger partial charge in [-0.2, -0.15) is 0 Å². The van der Waals surface area contributed by atoms with Gasteiger partial charge in [-0.1, -0.05) is 0 Å². The Morgan fingerprint density at radius 2 is 2.42 bits per heavy atom. The van der Waals surface area contributed by atoms with Crippen molar-refractivity contribution < 1.29 is 0 Å². The van der Waals surface area contributed by atoms with Crippen molar-refractivity contribution in [1.82, 2.24) is 5.32 Å². The molecule has 0 spiro atoms. The van der Waals surface area contributed by atoms with Crippen molar-refractivity contribution in [3.63, 3.8) is 0 Å². The second-order valence-electron chi connectivity index (χ2n) is 2.78. The predicted octanol–water partition coefficient (Wildman–Crippen LogP) is 3.36. The molecule has 1 N–H and O–H groups in total. The molecule has 12 heavy (non-hydrogen) atoms. The van der Waals surface area contributed by atoms with Crippen molar-refractivity contribution >= 4 is 39.7 Å². The molecule has 1 aromatic heterocycles. The van der Waals surface area contributed by atoms with E-state index in [1.54, 1.807) is 0 Å². The van der Waals surface area contributed by atoms with Gasteiger partial charge in [0.15, 0.2) is 0 Å². The Morgan fingerprint density at radius 3 is 2.92 bits per heavy atom. The van der Waals surface area contributed by atoms with Crippen molar-refractivity contribution in [3.05, 3.63) is 20.8 Å². The zero-order chi connectivity index (χ0) is 7.68. The molecule has 0 saturated carbocycles. The third-order valence-electron chi connectivity index (χ3n) is 2.02. The fourth-order valence-electron chi connectivity index (χ4n) is 1.46. The van der Waals surface area contributed by atoms with Gasteiger partial charge in [0.05, 0.1) is 0 Å². The second-order valence-corrected chi connectivity index (χ2v) is 4.58. The Bertz CT molecular complexity index is 245. The maximum atomic E-state index is 3.55. The lowest BCUT2D eigenvalue weighted by Crippen LogP contribution is -2.11. The third-order valence-corrected chi connectivity index (χ3v) is 4.01. The summed E-state index contributed by atoms with van der Waals surface area (Å²) >= 11 is 5.38. The van der Waals surface area contributed by atoms with E-state index in [0.29, 0.717) is 6.04 Å². The Balaban J connectivity index is 0.000000720. The molecule has 1 aromatic rings. The highest BCUT2D eigenvalue weighted by Gasteiger charge is 2.18.